The van der Waals surface area contributed by atoms with E-state index in [4.69, 9.17) is 15.2 Å². The van der Waals surface area contributed by atoms with Crippen LogP contribution in [0.5, 0.6) is 5.75 Å². The van der Waals surface area contributed by atoms with Gasteiger partial charge in [-0.2, -0.15) is 0 Å². The minimum Gasteiger partial charge on any atom is -0.496 e. The Bertz CT molecular complexity index is 514. The molecular weight excluding hydrogens is 254 g/mol. The number of hydrogen-bond acceptors (Lipinski definition) is 4. The molecule has 2 aliphatic rings. The molecule has 0 amide bonds. The van der Waals surface area contributed by atoms with E-state index in [1.54, 1.807) is 18.2 Å². The number of anilines is 1. The second-order valence-electron chi connectivity index (χ2n) is 5.96. The minimum atomic E-state index is -0.372. The van der Waals surface area contributed by atoms with Crippen molar-refractivity contribution in [2.24, 2.45) is 17.8 Å². The van der Waals surface area contributed by atoms with Crippen molar-refractivity contribution in [3.05, 3.63) is 23.8 Å². The van der Waals surface area contributed by atoms with Gasteiger partial charge < -0.3 is 15.2 Å². The molecule has 0 radical (unpaired) electrons. The number of carbonyl (C=O) groups is 1. The van der Waals surface area contributed by atoms with Crippen LogP contribution in [-0.4, -0.2) is 19.7 Å². The Morgan fingerprint density at radius 1 is 1.35 bits per heavy atom. The lowest BCUT2D eigenvalue weighted by Crippen LogP contribution is -2.20. The first kappa shape index (κ1) is 13.3. The summed E-state index contributed by atoms with van der Waals surface area (Å²) in [5, 5.41) is 0. The molecule has 108 valence electrons. The SMILES string of the molecule is COc1cccc(N)c1C(=O)OCC1CC2CCC1C2. The van der Waals surface area contributed by atoms with Crippen molar-refractivity contribution in [3.8, 4) is 5.75 Å². The first-order valence-corrected chi connectivity index (χ1v) is 7.28. The van der Waals surface area contributed by atoms with Gasteiger partial charge in [-0.1, -0.05) is 12.5 Å². The van der Waals surface area contributed by atoms with E-state index in [-0.39, 0.29) is 5.97 Å². The number of rotatable bonds is 4. The smallest absolute Gasteiger partial charge is 0.344 e. The third-order valence-corrected chi connectivity index (χ3v) is 4.80. The lowest BCUT2D eigenvalue weighted by atomic mass is 9.89. The molecule has 1 aromatic carbocycles. The molecule has 3 unspecified atom stereocenters. The number of fused-ring (bicyclic) bond motifs is 2. The molecule has 2 fully saturated rings. The summed E-state index contributed by atoms with van der Waals surface area (Å²) in [6.45, 7) is 0.511. The molecular formula is C16H21NO3. The molecule has 4 heteroatoms. The van der Waals surface area contributed by atoms with Crippen LogP contribution in [0, 0.1) is 17.8 Å². The van der Waals surface area contributed by atoms with Crippen molar-refractivity contribution in [2.75, 3.05) is 19.5 Å². The molecule has 4 nitrogen and oxygen atoms in total. The van der Waals surface area contributed by atoms with Gasteiger partial charge in [-0.15, -0.1) is 0 Å². The number of hydrogen-bond donors (Lipinski definition) is 1. The molecule has 3 rings (SSSR count). The highest BCUT2D eigenvalue weighted by atomic mass is 16.5. The Kier molecular flexibility index (Phi) is 3.55. The summed E-state index contributed by atoms with van der Waals surface area (Å²) in [4.78, 5) is 12.2. The van der Waals surface area contributed by atoms with Gasteiger partial charge in [0.05, 0.1) is 13.7 Å². The van der Waals surface area contributed by atoms with E-state index in [0.29, 0.717) is 29.5 Å². The summed E-state index contributed by atoms with van der Waals surface area (Å²) in [6.07, 6.45) is 5.18. The van der Waals surface area contributed by atoms with Crippen molar-refractivity contribution >= 4 is 11.7 Å². The Morgan fingerprint density at radius 2 is 2.20 bits per heavy atom. The molecule has 3 atom stereocenters. The standard InChI is InChI=1S/C16H21NO3/c1-19-14-4-2-3-13(17)15(14)16(18)20-9-12-8-10-5-6-11(12)7-10/h2-4,10-12H,5-9,17H2,1H3. The number of nitrogens with two attached hydrogens (primary N) is 1. The van der Waals surface area contributed by atoms with Crippen molar-refractivity contribution in [1.82, 2.24) is 0 Å². The fraction of sp³-hybridized carbons (Fsp3) is 0.562. The predicted octanol–water partition coefficient (Wildman–Crippen LogP) is 2.87. The van der Waals surface area contributed by atoms with E-state index in [0.717, 1.165) is 11.8 Å². The topological polar surface area (TPSA) is 61.5 Å². The highest BCUT2D eigenvalue weighted by molar-refractivity contribution is 5.98. The van der Waals surface area contributed by atoms with Crippen LogP contribution in [0.1, 0.15) is 36.0 Å². The van der Waals surface area contributed by atoms with Gasteiger partial charge in [0.1, 0.15) is 11.3 Å². The van der Waals surface area contributed by atoms with E-state index >= 15 is 0 Å². The van der Waals surface area contributed by atoms with E-state index in [1.165, 1.54) is 32.8 Å². The van der Waals surface area contributed by atoms with Crippen LogP contribution in [0.3, 0.4) is 0 Å². The largest absolute Gasteiger partial charge is 0.496 e. The maximum atomic E-state index is 12.2. The summed E-state index contributed by atoms with van der Waals surface area (Å²) < 4.78 is 10.7. The summed E-state index contributed by atoms with van der Waals surface area (Å²) in [5.41, 5.74) is 6.61. The van der Waals surface area contributed by atoms with E-state index in [2.05, 4.69) is 0 Å². The third-order valence-electron chi connectivity index (χ3n) is 4.80. The fourth-order valence-corrected chi connectivity index (χ4v) is 3.77. The summed E-state index contributed by atoms with van der Waals surface area (Å²) in [6, 6.07) is 5.18. The van der Waals surface area contributed by atoms with Crippen LogP contribution in [0.15, 0.2) is 18.2 Å². The van der Waals surface area contributed by atoms with Crippen molar-refractivity contribution in [3.63, 3.8) is 0 Å². The van der Waals surface area contributed by atoms with Crippen LogP contribution >= 0.6 is 0 Å². The van der Waals surface area contributed by atoms with Crippen LogP contribution in [0.2, 0.25) is 0 Å². The highest BCUT2D eigenvalue weighted by Crippen LogP contribution is 2.48. The zero-order chi connectivity index (χ0) is 14.1. The van der Waals surface area contributed by atoms with Gasteiger partial charge in [-0.25, -0.2) is 4.79 Å². The van der Waals surface area contributed by atoms with Crippen molar-refractivity contribution in [1.29, 1.82) is 0 Å². The van der Waals surface area contributed by atoms with E-state index < -0.39 is 0 Å². The van der Waals surface area contributed by atoms with Gasteiger partial charge in [0.15, 0.2) is 0 Å². The van der Waals surface area contributed by atoms with E-state index in [9.17, 15) is 4.79 Å². The number of ether oxygens (including phenoxy) is 2. The lowest BCUT2D eigenvalue weighted by molar-refractivity contribution is 0.0392. The second kappa shape index (κ2) is 5.35. The average molecular weight is 275 g/mol. The van der Waals surface area contributed by atoms with Crippen LogP contribution in [0.4, 0.5) is 5.69 Å². The molecule has 0 aliphatic heterocycles. The van der Waals surface area contributed by atoms with E-state index in [1.807, 2.05) is 0 Å². The maximum Gasteiger partial charge on any atom is 0.344 e. The first-order valence-electron chi connectivity index (χ1n) is 7.28. The molecule has 2 aliphatic carbocycles. The Labute approximate surface area is 119 Å². The normalized spacial score (nSPS) is 27.6. The summed E-state index contributed by atoms with van der Waals surface area (Å²) in [5.74, 6) is 2.25. The lowest BCUT2D eigenvalue weighted by Gasteiger charge is -2.21. The first-order chi connectivity index (χ1) is 9.69. The molecule has 0 saturated heterocycles. The number of esters is 1. The van der Waals surface area contributed by atoms with Crippen molar-refractivity contribution in [2.45, 2.75) is 25.7 Å². The molecule has 0 heterocycles. The number of nitrogen functional groups attached to an aromatic ring is 1. The fourth-order valence-electron chi connectivity index (χ4n) is 3.77. The molecule has 2 bridgehead atoms. The third kappa shape index (κ3) is 2.35. The second-order valence-corrected chi connectivity index (χ2v) is 5.96. The Morgan fingerprint density at radius 3 is 2.85 bits per heavy atom. The van der Waals surface area contributed by atoms with Crippen LogP contribution < -0.4 is 10.5 Å². The summed E-state index contributed by atoms with van der Waals surface area (Å²) >= 11 is 0. The van der Waals surface area contributed by atoms with Crippen molar-refractivity contribution < 1.29 is 14.3 Å². The summed E-state index contributed by atoms with van der Waals surface area (Å²) in [7, 11) is 1.53. The van der Waals surface area contributed by atoms with Gasteiger partial charge >= 0.3 is 5.97 Å². The Hall–Kier alpha value is -1.71. The molecule has 0 spiro atoms. The number of carbonyl (C=O) groups excluding carboxylic acids is 1. The van der Waals surface area contributed by atoms with Gasteiger partial charge in [-0.3, -0.25) is 0 Å². The molecule has 2 N–H and O–H groups in total. The predicted molar refractivity (Wildman–Crippen MR) is 76.6 cm³/mol. The zero-order valence-electron chi connectivity index (χ0n) is 11.8. The van der Waals surface area contributed by atoms with Crippen LogP contribution in [0.25, 0.3) is 0 Å². The van der Waals surface area contributed by atoms with Gasteiger partial charge in [0.2, 0.25) is 0 Å². The van der Waals surface area contributed by atoms with Gasteiger partial charge in [0, 0.05) is 5.69 Å². The molecule has 1 aromatic rings. The minimum absolute atomic E-state index is 0.346. The molecule has 20 heavy (non-hydrogen) atoms. The number of methoxy groups -OCH3 is 1. The maximum absolute atomic E-state index is 12.2. The highest BCUT2D eigenvalue weighted by Gasteiger charge is 2.40. The monoisotopic (exact) mass is 275 g/mol. The quantitative estimate of drug-likeness (QED) is 0.678. The molecule has 2 saturated carbocycles. The Balaban J connectivity index is 1.65. The van der Waals surface area contributed by atoms with Gasteiger partial charge in [0.25, 0.3) is 0 Å². The van der Waals surface area contributed by atoms with Gasteiger partial charge in [-0.05, 0) is 49.1 Å². The zero-order valence-corrected chi connectivity index (χ0v) is 11.8. The number of benzene rings is 1. The van der Waals surface area contributed by atoms with Crippen LogP contribution in [-0.2, 0) is 4.74 Å². The average Bonchev–Trinajstić information content (AvgIpc) is 3.06. The molecule has 0 aromatic heterocycles.